The minimum Gasteiger partial charge on any atom is -0.326 e. The van der Waals surface area contributed by atoms with Crippen LogP contribution < -0.4 is 15.1 Å². The van der Waals surface area contributed by atoms with Crippen LogP contribution in [-0.4, -0.2) is 30.8 Å². The van der Waals surface area contributed by atoms with Gasteiger partial charge in [0, 0.05) is 43.5 Å². The lowest BCUT2D eigenvalue weighted by Gasteiger charge is -2.19. The Morgan fingerprint density at radius 1 is 1.14 bits per heavy atom. The van der Waals surface area contributed by atoms with Crippen molar-refractivity contribution in [2.45, 2.75) is 33.6 Å². The first-order valence-corrected chi connectivity index (χ1v) is 9.93. The topological polar surface area (TPSA) is 69.7 Å². The highest BCUT2D eigenvalue weighted by Gasteiger charge is 2.36. The zero-order valence-electron chi connectivity index (χ0n) is 17.0. The first kappa shape index (κ1) is 19.2. The Morgan fingerprint density at radius 3 is 2.69 bits per heavy atom. The molecule has 1 N–H and O–H groups in total. The third kappa shape index (κ3) is 3.50. The summed E-state index contributed by atoms with van der Waals surface area (Å²) in [6, 6.07) is 11.5. The monoisotopic (exact) mass is 391 g/mol. The van der Waals surface area contributed by atoms with Crippen LogP contribution >= 0.6 is 0 Å². The van der Waals surface area contributed by atoms with Gasteiger partial charge < -0.3 is 15.1 Å². The number of hydrogen-bond acceptors (Lipinski definition) is 3. The lowest BCUT2D eigenvalue weighted by Crippen LogP contribution is -2.28. The summed E-state index contributed by atoms with van der Waals surface area (Å²) in [5.74, 6) is -0.535. The number of benzene rings is 2. The number of nitrogens with one attached hydrogen (secondary N) is 1. The molecule has 2 aliphatic heterocycles. The van der Waals surface area contributed by atoms with Gasteiger partial charge in [0.25, 0.3) is 0 Å². The van der Waals surface area contributed by atoms with Crippen molar-refractivity contribution < 1.29 is 14.4 Å². The number of nitrogens with zero attached hydrogens (tertiary/aromatic N) is 2. The van der Waals surface area contributed by atoms with Crippen LogP contribution in [0.5, 0.6) is 0 Å². The van der Waals surface area contributed by atoms with Crippen LogP contribution in [0.3, 0.4) is 0 Å². The minimum absolute atomic E-state index is 0.0249. The molecule has 0 radical (unpaired) electrons. The highest BCUT2D eigenvalue weighted by Crippen LogP contribution is 2.34. The summed E-state index contributed by atoms with van der Waals surface area (Å²) < 4.78 is 0. The molecule has 4 rings (SSSR count). The second-order valence-corrected chi connectivity index (χ2v) is 7.88. The third-order valence-corrected chi connectivity index (χ3v) is 6.01. The van der Waals surface area contributed by atoms with E-state index in [-0.39, 0.29) is 30.1 Å². The summed E-state index contributed by atoms with van der Waals surface area (Å²) >= 11 is 0. The van der Waals surface area contributed by atoms with E-state index in [0.717, 1.165) is 40.2 Å². The molecule has 150 valence electrons. The van der Waals surface area contributed by atoms with Crippen molar-refractivity contribution in [1.82, 2.24) is 0 Å². The lowest BCUT2D eigenvalue weighted by molar-refractivity contribution is -0.122. The van der Waals surface area contributed by atoms with Gasteiger partial charge in [0.1, 0.15) is 0 Å². The summed E-state index contributed by atoms with van der Waals surface area (Å²) in [4.78, 5) is 40.6. The molecule has 2 heterocycles. The second kappa shape index (κ2) is 7.35. The fourth-order valence-electron chi connectivity index (χ4n) is 4.14. The Balaban J connectivity index is 1.49. The van der Waals surface area contributed by atoms with E-state index in [9.17, 15) is 14.4 Å². The van der Waals surface area contributed by atoms with E-state index >= 15 is 0 Å². The fourth-order valence-corrected chi connectivity index (χ4v) is 4.14. The molecule has 0 aliphatic carbocycles. The molecular weight excluding hydrogens is 366 g/mol. The van der Waals surface area contributed by atoms with Gasteiger partial charge in [-0.25, -0.2) is 0 Å². The Bertz CT molecular complexity index is 1010. The van der Waals surface area contributed by atoms with Gasteiger partial charge in [-0.15, -0.1) is 0 Å². The predicted molar refractivity (Wildman–Crippen MR) is 113 cm³/mol. The molecule has 2 aliphatic rings. The van der Waals surface area contributed by atoms with E-state index < -0.39 is 0 Å². The molecule has 0 saturated carbocycles. The molecule has 1 atom stereocenters. The van der Waals surface area contributed by atoms with Gasteiger partial charge >= 0.3 is 0 Å². The van der Waals surface area contributed by atoms with Crippen molar-refractivity contribution in [2.24, 2.45) is 5.92 Å². The van der Waals surface area contributed by atoms with E-state index in [4.69, 9.17) is 0 Å². The Hall–Kier alpha value is -3.15. The van der Waals surface area contributed by atoms with Crippen LogP contribution in [0.1, 0.15) is 30.0 Å². The summed E-state index contributed by atoms with van der Waals surface area (Å²) in [5, 5.41) is 2.98. The molecule has 3 amide bonds. The first-order valence-electron chi connectivity index (χ1n) is 9.93. The van der Waals surface area contributed by atoms with Crippen molar-refractivity contribution in [3.63, 3.8) is 0 Å². The highest BCUT2D eigenvalue weighted by molar-refractivity contribution is 6.04. The van der Waals surface area contributed by atoms with E-state index in [1.54, 1.807) is 16.7 Å². The van der Waals surface area contributed by atoms with Crippen LogP contribution in [0.25, 0.3) is 0 Å². The molecule has 1 fully saturated rings. The lowest BCUT2D eigenvalue weighted by atomic mass is 10.1. The zero-order chi connectivity index (χ0) is 20.7. The highest BCUT2D eigenvalue weighted by atomic mass is 16.2. The number of rotatable bonds is 3. The van der Waals surface area contributed by atoms with Gasteiger partial charge in [-0.1, -0.05) is 12.1 Å². The number of amides is 3. The minimum atomic E-state index is -0.385. The average Bonchev–Trinajstić information content (AvgIpc) is 3.28. The average molecular weight is 391 g/mol. The molecule has 6 nitrogen and oxygen atoms in total. The maximum atomic E-state index is 12.8. The van der Waals surface area contributed by atoms with Crippen LogP contribution in [0, 0.1) is 19.8 Å². The first-order chi connectivity index (χ1) is 13.8. The number of aryl methyl sites for hydroxylation is 1. The molecule has 0 bridgehead atoms. The number of hydrogen-bond donors (Lipinski definition) is 1. The molecule has 0 spiro atoms. The van der Waals surface area contributed by atoms with Crippen molar-refractivity contribution in [2.75, 3.05) is 28.2 Å². The smallest absolute Gasteiger partial charge is 0.229 e. The molecular formula is C23H25N3O3. The van der Waals surface area contributed by atoms with Gasteiger partial charge in [-0.2, -0.15) is 0 Å². The van der Waals surface area contributed by atoms with Crippen LogP contribution in [-0.2, 0) is 20.8 Å². The maximum absolute atomic E-state index is 12.8. The number of fused-ring (bicyclic) bond motifs is 1. The molecule has 1 saturated heterocycles. The SMILES string of the molecule is CC(=O)N1CCc2cc(N3C[C@@H](C(=O)Nc4cccc(C)c4C)CC3=O)ccc21. The number of anilines is 3. The van der Waals surface area contributed by atoms with Crippen LogP contribution in [0.2, 0.25) is 0 Å². The summed E-state index contributed by atoms with van der Waals surface area (Å²) in [6.45, 7) is 6.58. The van der Waals surface area contributed by atoms with Crippen LogP contribution in [0.4, 0.5) is 17.1 Å². The van der Waals surface area contributed by atoms with E-state index in [0.29, 0.717) is 13.1 Å². The largest absolute Gasteiger partial charge is 0.326 e. The molecule has 2 aromatic rings. The summed E-state index contributed by atoms with van der Waals surface area (Å²) in [7, 11) is 0. The summed E-state index contributed by atoms with van der Waals surface area (Å²) in [6.07, 6.45) is 0.981. The van der Waals surface area contributed by atoms with Gasteiger partial charge in [0.05, 0.1) is 5.92 Å². The third-order valence-electron chi connectivity index (χ3n) is 6.01. The quantitative estimate of drug-likeness (QED) is 0.874. The fraction of sp³-hybridized carbons (Fsp3) is 0.348. The molecule has 29 heavy (non-hydrogen) atoms. The normalized spacial score (nSPS) is 18.2. The Morgan fingerprint density at radius 2 is 1.93 bits per heavy atom. The van der Waals surface area contributed by atoms with Gasteiger partial charge in [-0.05, 0) is 61.2 Å². The van der Waals surface area contributed by atoms with Crippen LogP contribution in [0.15, 0.2) is 36.4 Å². The molecule has 0 aromatic heterocycles. The van der Waals surface area contributed by atoms with E-state index in [1.165, 1.54) is 0 Å². The van der Waals surface area contributed by atoms with Gasteiger partial charge in [0.2, 0.25) is 17.7 Å². The van der Waals surface area contributed by atoms with E-state index in [1.807, 2.05) is 50.2 Å². The second-order valence-electron chi connectivity index (χ2n) is 7.88. The Kier molecular flexibility index (Phi) is 4.86. The number of carbonyl (C=O) groups is 3. The maximum Gasteiger partial charge on any atom is 0.229 e. The summed E-state index contributed by atoms with van der Waals surface area (Å²) in [5.41, 5.74) is 5.72. The molecule has 0 unspecified atom stereocenters. The van der Waals surface area contributed by atoms with E-state index in [2.05, 4.69) is 5.32 Å². The Labute approximate surface area is 170 Å². The zero-order valence-corrected chi connectivity index (χ0v) is 17.0. The standard InChI is InChI=1S/C23H25N3O3/c1-14-5-4-6-20(15(14)2)24-23(29)18-12-22(28)26(13-18)19-7-8-21-17(11-19)9-10-25(21)16(3)27/h4-8,11,18H,9-10,12-13H2,1-3H3,(H,24,29)/t18-/m0/s1. The van der Waals surface area contributed by atoms with Crippen molar-refractivity contribution in [1.29, 1.82) is 0 Å². The van der Waals surface area contributed by atoms with Crippen molar-refractivity contribution >= 4 is 34.8 Å². The molecule has 2 aromatic carbocycles. The van der Waals surface area contributed by atoms with Gasteiger partial charge in [0.15, 0.2) is 0 Å². The molecule has 6 heteroatoms. The predicted octanol–water partition coefficient (Wildman–Crippen LogP) is 3.20. The van der Waals surface area contributed by atoms with Gasteiger partial charge in [-0.3, -0.25) is 14.4 Å². The van der Waals surface area contributed by atoms with Crippen molar-refractivity contribution in [3.05, 3.63) is 53.1 Å². The van der Waals surface area contributed by atoms with Crippen molar-refractivity contribution in [3.8, 4) is 0 Å². The number of carbonyl (C=O) groups excluding carboxylic acids is 3.